The van der Waals surface area contributed by atoms with Crippen molar-refractivity contribution in [3.05, 3.63) is 0 Å². The number of rotatable bonds is 10. The van der Waals surface area contributed by atoms with Crippen molar-refractivity contribution in [3.63, 3.8) is 0 Å². The zero-order valence-corrected chi connectivity index (χ0v) is 10.9. The highest BCUT2D eigenvalue weighted by Gasteiger charge is 2.20. The molecule has 0 heterocycles. The minimum absolute atomic E-state index is 0.115. The van der Waals surface area contributed by atoms with Crippen molar-refractivity contribution in [1.29, 1.82) is 0 Å². The molecular formula is C13H26N2O2. The van der Waals surface area contributed by atoms with E-state index >= 15 is 0 Å². The maximum absolute atomic E-state index is 11.5. The number of carbonyl (C=O) groups is 1. The minimum Gasteiger partial charge on any atom is -0.381 e. The van der Waals surface area contributed by atoms with Gasteiger partial charge in [-0.2, -0.15) is 0 Å². The Balaban J connectivity index is 1.88. The van der Waals surface area contributed by atoms with E-state index in [4.69, 9.17) is 10.5 Å². The molecule has 3 N–H and O–H groups in total. The Bertz CT molecular complexity index is 213. The third kappa shape index (κ3) is 7.34. The fourth-order valence-corrected chi connectivity index (χ4v) is 1.67. The normalized spacial score (nSPS) is 16.8. The van der Waals surface area contributed by atoms with Crippen molar-refractivity contribution in [2.24, 2.45) is 17.6 Å². The first-order valence-electron chi connectivity index (χ1n) is 6.80. The van der Waals surface area contributed by atoms with Gasteiger partial charge in [0.25, 0.3) is 0 Å². The Morgan fingerprint density at radius 3 is 2.88 bits per heavy atom. The maximum Gasteiger partial charge on any atom is 0.220 e. The molecule has 0 saturated heterocycles. The van der Waals surface area contributed by atoms with Gasteiger partial charge in [-0.1, -0.05) is 13.3 Å². The Kier molecular flexibility index (Phi) is 7.21. The Labute approximate surface area is 104 Å². The molecule has 0 aliphatic heterocycles. The van der Waals surface area contributed by atoms with Gasteiger partial charge in [-0.25, -0.2) is 0 Å². The number of nitrogens with two attached hydrogens (primary N) is 1. The Morgan fingerprint density at radius 1 is 1.53 bits per heavy atom. The fourth-order valence-electron chi connectivity index (χ4n) is 1.67. The van der Waals surface area contributed by atoms with Gasteiger partial charge in [0.2, 0.25) is 5.91 Å². The lowest BCUT2D eigenvalue weighted by molar-refractivity contribution is -0.122. The smallest absolute Gasteiger partial charge is 0.220 e. The lowest BCUT2D eigenvalue weighted by Crippen LogP contribution is -2.29. The van der Waals surface area contributed by atoms with Gasteiger partial charge in [-0.3, -0.25) is 4.79 Å². The van der Waals surface area contributed by atoms with Gasteiger partial charge in [0.1, 0.15) is 0 Å². The Hall–Kier alpha value is -0.610. The molecule has 17 heavy (non-hydrogen) atoms. The van der Waals surface area contributed by atoms with Crippen molar-refractivity contribution >= 4 is 5.91 Å². The van der Waals surface area contributed by atoms with Gasteiger partial charge < -0.3 is 15.8 Å². The van der Waals surface area contributed by atoms with Crippen molar-refractivity contribution in [2.75, 3.05) is 26.3 Å². The molecule has 0 aromatic rings. The van der Waals surface area contributed by atoms with Gasteiger partial charge in [0.15, 0.2) is 0 Å². The van der Waals surface area contributed by atoms with Crippen LogP contribution in [0.4, 0.5) is 0 Å². The van der Waals surface area contributed by atoms with E-state index in [0.717, 1.165) is 32.0 Å². The second-order valence-corrected chi connectivity index (χ2v) is 4.94. The first-order chi connectivity index (χ1) is 8.26. The lowest BCUT2D eigenvalue weighted by Gasteiger charge is -2.11. The standard InChI is InChI=1S/C13H26N2O2/c1-2-11(9-14)8-13(16)15-6-3-7-17-10-12-4-5-12/h11-12H,2-10,14H2,1H3,(H,15,16). The molecule has 0 aromatic heterocycles. The monoisotopic (exact) mass is 242 g/mol. The zero-order chi connectivity index (χ0) is 12.5. The van der Waals surface area contributed by atoms with Crippen molar-refractivity contribution in [3.8, 4) is 0 Å². The second kappa shape index (κ2) is 8.48. The predicted octanol–water partition coefficient (Wildman–Crippen LogP) is 1.29. The van der Waals surface area contributed by atoms with Crippen molar-refractivity contribution in [2.45, 2.75) is 39.0 Å². The molecule has 4 nitrogen and oxygen atoms in total. The van der Waals surface area contributed by atoms with E-state index in [1.807, 2.05) is 0 Å². The highest BCUT2D eigenvalue weighted by atomic mass is 16.5. The third-order valence-corrected chi connectivity index (χ3v) is 3.22. The summed E-state index contributed by atoms with van der Waals surface area (Å²) in [6.07, 6.45) is 5.07. The molecule has 1 atom stereocenters. The number of amides is 1. The van der Waals surface area contributed by atoms with Gasteiger partial charge in [0, 0.05) is 26.2 Å². The summed E-state index contributed by atoms with van der Waals surface area (Å²) < 4.78 is 5.49. The van der Waals surface area contributed by atoms with E-state index in [9.17, 15) is 4.79 Å². The summed E-state index contributed by atoms with van der Waals surface area (Å²) in [6, 6.07) is 0. The molecule has 4 heteroatoms. The van der Waals surface area contributed by atoms with E-state index in [1.165, 1.54) is 12.8 Å². The van der Waals surface area contributed by atoms with E-state index in [2.05, 4.69) is 12.2 Å². The largest absolute Gasteiger partial charge is 0.381 e. The first-order valence-corrected chi connectivity index (χ1v) is 6.80. The molecule has 1 aliphatic rings. The third-order valence-electron chi connectivity index (χ3n) is 3.22. The van der Waals surface area contributed by atoms with E-state index in [-0.39, 0.29) is 5.91 Å². The molecule has 1 fully saturated rings. The molecule has 0 aromatic carbocycles. The van der Waals surface area contributed by atoms with E-state index in [1.54, 1.807) is 0 Å². The molecule has 0 spiro atoms. The SMILES string of the molecule is CCC(CN)CC(=O)NCCCOCC1CC1. The van der Waals surface area contributed by atoms with Crippen LogP contribution in [0.25, 0.3) is 0 Å². The average Bonchev–Trinajstić information content (AvgIpc) is 3.14. The first kappa shape index (κ1) is 14.5. The molecular weight excluding hydrogens is 216 g/mol. The molecule has 100 valence electrons. The van der Waals surface area contributed by atoms with Crippen molar-refractivity contribution in [1.82, 2.24) is 5.32 Å². The molecule has 0 bridgehead atoms. The van der Waals surface area contributed by atoms with Crippen LogP contribution in [0.3, 0.4) is 0 Å². The lowest BCUT2D eigenvalue weighted by atomic mass is 10.0. The van der Waals surface area contributed by atoms with Crippen LogP contribution in [0, 0.1) is 11.8 Å². The van der Waals surface area contributed by atoms with Crippen LogP contribution in [0.2, 0.25) is 0 Å². The Morgan fingerprint density at radius 2 is 2.29 bits per heavy atom. The van der Waals surface area contributed by atoms with Gasteiger partial charge in [-0.15, -0.1) is 0 Å². The number of hydrogen-bond donors (Lipinski definition) is 2. The summed E-state index contributed by atoms with van der Waals surface area (Å²) in [4.78, 5) is 11.5. The molecule has 1 unspecified atom stereocenters. The average molecular weight is 242 g/mol. The van der Waals surface area contributed by atoms with Crippen LogP contribution in [0.15, 0.2) is 0 Å². The predicted molar refractivity (Wildman–Crippen MR) is 68.6 cm³/mol. The van der Waals surface area contributed by atoms with E-state index in [0.29, 0.717) is 25.4 Å². The summed E-state index contributed by atoms with van der Waals surface area (Å²) in [5.74, 6) is 1.25. The fraction of sp³-hybridized carbons (Fsp3) is 0.923. The minimum atomic E-state index is 0.115. The van der Waals surface area contributed by atoms with Crippen LogP contribution < -0.4 is 11.1 Å². The topological polar surface area (TPSA) is 64.4 Å². The molecule has 1 saturated carbocycles. The van der Waals surface area contributed by atoms with Gasteiger partial charge >= 0.3 is 0 Å². The molecule has 1 amide bonds. The number of ether oxygens (including phenoxy) is 1. The van der Waals surface area contributed by atoms with Gasteiger partial charge in [-0.05, 0) is 37.6 Å². The van der Waals surface area contributed by atoms with Crippen LogP contribution >= 0.6 is 0 Å². The van der Waals surface area contributed by atoms with Crippen LogP contribution in [0.1, 0.15) is 39.0 Å². The van der Waals surface area contributed by atoms with Crippen LogP contribution in [-0.2, 0) is 9.53 Å². The zero-order valence-electron chi connectivity index (χ0n) is 10.9. The summed E-state index contributed by atoms with van der Waals surface area (Å²) in [7, 11) is 0. The second-order valence-electron chi connectivity index (χ2n) is 4.94. The highest BCUT2D eigenvalue weighted by Crippen LogP contribution is 2.28. The maximum atomic E-state index is 11.5. The molecule has 0 radical (unpaired) electrons. The van der Waals surface area contributed by atoms with Crippen molar-refractivity contribution < 1.29 is 9.53 Å². The summed E-state index contributed by atoms with van der Waals surface area (Å²) in [6.45, 7) is 5.03. The van der Waals surface area contributed by atoms with Crippen LogP contribution in [-0.4, -0.2) is 32.2 Å². The number of nitrogens with one attached hydrogen (secondary N) is 1. The quantitative estimate of drug-likeness (QED) is 0.567. The van der Waals surface area contributed by atoms with Crippen LogP contribution in [0.5, 0.6) is 0 Å². The van der Waals surface area contributed by atoms with E-state index < -0.39 is 0 Å². The summed E-state index contributed by atoms with van der Waals surface area (Å²) >= 11 is 0. The molecule has 1 rings (SSSR count). The number of hydrogen-bond acceptors (Lipinski definition) is 3. The summed E-state index contributed by atoms with van der Waals surface area (Å²) in [5, 5.41) is 2.91. The van der Waals surface area contributed by atoms with Gasteiger partial charge in [0.05, 0.1) is 0 Å². The highest BCUT2D eigenvalue weighted by molar-refractivity contribution is 5.76. The molecule has 1 aliphatic carbocycles. The summed E-state index contributed by atoms with van der Waals surface area (Å²) in [5.41, 5.74) is 5.56. The number of carbonyl (C=O) groups excluding carboxylic acids is 1.